The Morgan fingerprint density at radius 3 is 2.42 bits per heavy atom. The zero-order valence-electron chi connectivity index (χ0n) is 13.2. The number of hydrogen-bond acceptors (Lipinski definition) is 4. The number of nitrogen functional groups attached to an aromatic ring is 1. The average Bonchev–Trinajstić information content (AvgIpc) is 3.03. The molecular weight excluding hydrogens is 300 g/mol. The van der Waals surface area contributed by atoms with Crippen LogP contribution in [0.3, 0.4) is 0 Å². The summed E-state index contributed by atoms with van der Waals surface area (Å²) in [5.41, 5.74) is 10.6. The van der Waals surface area contributed by atoms with Crippen molar-refractivity contribution in [2.24, 2.45) is 0 Å². The highest BCUT2D eigenvalue weighted by molar-refractivity contribution is 6.01. The molecule has 2 aromatic heterocycles. The minimum atomic E-state index is 0.517. The Bertz CT molecular complexity index is 991. The summed E-state index contributed by atoms with van der Waals surface area (Å²) in [5.74, 6) is 1.33. The quantitative estimate of drug-likeness (QED) is 0.601. The Hall–Kier alpha value is -3.34. The second-order valence-electron chi connectivity index (χ2n) is 5.49. The number of aromatic amines is 1. The number of nitrogens with one attached hydrogen (secondary N) is 1. The van der Waals surface area contributed by atoms with Crippen molar-refractivity contribution in [1.82, 2.24) is 15.2 Å². The molecule has 3 N–H and O–H groups in total. The highest BCUT2D eigenvalue weighted by atomic mass is 16.5. The van der Waals surface area contributed by atoms with Crippen molar-refractivity contribution in [2.75, 3.05) is 12.8 Å². The van der Waals surface area contributed by atoms with Crippen molar-refractivity contribution in [3.8, 4) is 28.1 Å². The number of nitrogens with two attached hydrogens (primary N) is 1. The van der Waals surface area contributed by atoms with Crippen molar-refractivity contribution >= 4 is 16.9 Å². The van der Waals surface area contributed by atoms with E-state index in [4.69, 9.17) is 10.5 Å². The Morgan fingerprint density at radius 2 is 1.71 bits per heavy atom. The lowest BCUT2D eigenvalue weighted by Gasteiger charge is -2.08. The topological polar surface area (TPSA) is 76.8 Å². The Kier molecular flexibility index (Phi) is 3.39. The van der Waals surface area contributed by atoms with Crippen LogP contribution in [0.15, 0.2) is 60.7 Å². The maximum absolute atomic E-state index is 6.08. The van der Waals surface area contributed by atoms with Crippen LogP contribution in [0.25, 0.3) is 33.4 Å². The van der Waals surface area contributed by atoms with E-state index < -0.39 is 0 Å². The molecule has 0 aliphatic rings. The molecule has 2 aromatic carbocycles. The van der Waals surface area contributed by atoms with Gasteiger partial charge in [0.2, 0.25) is 0 Å². The Morgan fingerprint density at radius 1 is 0.958 bits per heavy atom. The zero-order chi connectivity index (χ0) is 16.5. The summed E-state index contributed by atoms with van der Waals surface area (Å²) >= 11 is 0. The van der Waals surface area contributed by atoms with E-state index in [-0.39, 0.29) is 0 Å². The number of anilines is 1. The molecule has 5 nitrogen and oxygen atoms in total. The largest absolute Gasteiger partial charge is 0.497 e. The van der Waals surface area contributed by atoms with Gasteiger partial charge in [-0.05, 0) is 29.3 Å². The molecule has 0 unspecified atom stereocenters. The van der Waals surface area contributed by atoms with Gasteiger partial charge in [-0.25, -0.2) is 4.98 Å². The molecule has 0 aliphatic carbocycles. The number of aromatic nitrogens is 3. The van der Waals surface area contributed by atoms with Gasteiger partial charge in [0.05, 0.1) is 18.2 Å². The summed E-state index contributed by atoms with van der Waals surface area (Å²) in [4.78, 5) is 4.64. The number of H-pyrrole nitrogens is 1. The molecule has 24 heavy (non-hydrogen) atoms. The van der Waals surface area contributed by atoms with Crippen molar-refractivity contribution in [3.63, 3.8) is 0 Å². The van der Waals surface area contributed by atoms with Crippen LogP contribution < -0.4 is 10.5 Å². The summed E-state index contributed by atoms with van der Waals surface area (Å²) in [6, 6.07) is 20.0. The van der Waals surface area contributed by atoms with E-state index in [9.17, 15) is 0 Å². The van der Waals surface area contributed by atoms with Crippen LogP contribution in [0.2, 0.25) is 0 Å². The van der Waals surface area contributed by atoms with Crippen molar-refractivity contribution in [3.05, 3.63) is 60.7 Å². The van der Waals surface area contributed by atoms with Gasteiger partial charge in [0.15, 0.2) is 5.65 Å². The second-order valence-corrected chi connectivity index (χ2v) is 5.49. The average molecular weight is 316 g/mol. The van der Waals surface area contributed by atoms with E-state index >= 15 is 0 Å². The van der Waals surface area contributed by atoms with Gasteiger partial charge in [0.1, 0.15) is 11.6 Å². The minimum absolute atomic E-state index is 0.517. The first-order chi connectivity index (χ1) is 11.8. The standard InChI is InChI=1S/C19H16N4O/c1-24-14-9-7-12(8-10-14)15-11-16(13-5-3-2-4-6-13)21-19-17(15)18(20)22-23-19/h2-11H,1H3,(H3,20,21,22,23). The summed E-state index contributed by atoms with van der Waals surface area (Å²) in [5, 5.41) is 7.90. The summed E-state index contributed by atoms with van der Waals surface area (Å²) in [6.45, 7) is 0. The van der Waals surface area contributed by atoms with Gasteiger partial charge in [-0.2, -0.15) is 5.10 Å². The maximum Gasteiger partial charge on any atom is 0.184 e. The monoisotopic (exact) mass is 316 g/mol. The van der Waals surface area contributed by atoms with Gasteiger partial charge in [0, 0.05) is 5.56 Å². The number of fused-ring (bicyclic) bond motifs is 1. The molecule has 0 saturated heterocycles. The first-order valence-corrected chi connectivity index (χ1v) is 7.60. The predicted octanol–water partition coefficient (Wildman–Crippen LogP) is 3.88. The molecule has 0 amide bonds. The van der Waals surface area contributed by atoms with Crippen LogP contribution >= 0.6 is 0 Å². The van der Waals surface area contributed by atoms with Crippen LogP contribution in [0.4, 0.5) is 5.82 Å². The maximum atomic E-state index is 6.08. The third-order valence-corrected chi connectivity index (χ3v) is 4.02. The number of rotatable bonds is 3. The van der Waals surface area contributed by atoms with E-state index in [1.165, 1.54) is 0 Å². The molecular formula is C19H16N4O. The molecule has 0 aliphatic heterocycles. The molecule has 0 atom stereocenters. The van der Waals surface area contributed by atoms with Crippen molar-refractivity contribution in [1.29, 1.82) is 0 Å². The fourth-order valence-electron chi connectivity index (χ4n) is 2.80. The fourth-order valence-corrected chi connectivity index (χ4v) is 2.80. The molecule has 0 radical (unpaired) electrons. The van der Waals surface area contributed by atoms with E-state index in [1.54, 1.807) is 7.11 Å². The normalized spacial score (nSPS) is 10.9. The minimum Gasteiger partial charge on any atom is -0.497 e. The molecule has 4 rings (SSSR count). The van der Waals surface area contributed by atoms with Gasteiger partial charge in [-0.1, -0.05) is 42.5 Å². The Labute approximate surface area is 139 Å². The predicted molar refractivity (Wildman–Crippen MR) is 95.7 cm³/mol. The van der Waals surface area contributed by atoms with Crippen LogP contribution in [-0.4, -0.2) is 22.3 Å². The van der Waals surface area contributed by atoms with Crippen LogP contribution in [0, 0.1) is 0 Å². The number of hydrogen-bond donors (Lipinski definition) is 2. The SMILES string of the molecule is COc1ccc(-c2cc(-c3ccccc3)nc3n[nH]c(N)c23)cc1. The number of ether oxygens (including phenoxy) is 1. The molecule has 0 spiro atoms. The molecule has 5 heteroatoms. The summed E-state index contributed by atoms with van der Waals surface area (Å²) in [7, 11) is 1.65. The first kappa shape index (κ1) is 14.3. The van der Waals surface area contributed by atoms with Gasteiger partial charge < -0.3 is 10.5 Å². The van der Waals surface area contributed by atoms with Crippen molar-refractivity contribution in [2.45, 2.75) is 0 Å². The fraction of sp³-hybridized carbons (Fsp3) is 0.0526. The number of benzene rings is 2. The first-order valence-electron chi connectivity index (χ1n) is 7.60. The van der Waals surface area contributed by atoms with E-state index in [2.05, 4.69) is 15.2 Å². The van der Waals surface area contributed by atoms with Gasteiger partial charge in [-0.15, -0.1) is 0 Å². The second kappa shape index (κ2) is 5.70. The van der Waals surface area contributed by atoms with Crippen LogP contribution in [0.1, 0.15) is 0 Å². The van der Waals surface area contributed by atoms with Crippen LogP contribution in [0.5, 0.6) is 5.75 Å². The van der Waals surface area contributed by atoms with E-state index in [1.807, 2.05) is 60.7 Å². The van der Waals surface area contributed by atoms with E-state index in [0.717, 1.165) is 33.5 Å². The molecule has 0 fully saturated rings. The Balaban J connectivity index is 1.96. The smallest absolute Gasteiger partial charge is 0.184 e. The van der Waals surface area contributed by atoms with E-state index in [0.29, 0.717) is 11.5 Å². The number of pyridine rings is 1. The molecule has 118 valence electrons. The number of methoxy groups -OCH3 is 1. The highest BCUT2D eigenvalue weighted by Crippen LogP contribution is 2.34. The van der Waals surface area contributed by atoms with Crippen LogP contribution in [-0.2, 0) is 0 Å². The highest BCUT2D eigenvalue weighted by Gasteiger charge is 2.14. The third kappa shape index (κ3) is 2.36. The van der Waals surface area contributed by atoms with Gasteiger partial charge in [0.25, 0.3) is 0 Å². The lowest BCUT2D eigenvalue weighted by atomic mass is 10.00. The summed E-state index contributed by atoms with van der Waals surface area (Å²) in [6.07, 6.45) is 0. The lowest BCUT2D eigenvalue weighted by molar-refractivity contribution is 0.415. The third-order valence-electron chi connectivity index (χ3n) is 4.02. The zero-order valence-corrected chi connectivity index (χ0v) is 13.2. The van der Waals surface area contributed by atoms with Gasteiger partial charge >= 0.3 is 0 Å². The lowest BCUT2D eigenvalue weighted by Crippen LogP contribution is -1.91. The van der Waals surface area contributed by atoms with Gasteiger partial charge in [-0.3, -0.25) is 5.10 Å². The van der Waals surface area contributed by atoms with Crippen molar-refractivity contribution < 1.29 is 4.74 Å². The molecule has 4 aromatic rings. The molecule has 2 heterocycles. The molecule has 0 saturated carbocycles. The molecule has 0 bridgehead atoms. The summed E-state index contributed by atoms with van der Waals surface area (Å²) < 4.78 is 5.24. The number of nitrogens with zero attached hydrogens (tertiary/aromatic N) is 2.